The minimum atomic E-state index is -0.104. The summed E-state index contributed by atoms with van der Waals surface area (Å²) in [4.78, 5) is 0. The lowest BCUT2D eigenvalue weighted by Gasteiger charge is -2.32. The van der Waals surface area contributed by atoms with Crippen molar-refractivity contribution in [3.63, 3.8) is 0 Å². The summed E-state index contributed by atoms with van der Waals surface area (Å²) < 4.78 is 0. The summed E-state index contributed by atoms with van der Waals surface area (Å²) in [5.41, 5.74) is -0.104. The molecule has 3 heteroatoms. The summed E-state index contributed by atoms with van der Waals surface area (Å²) in [6.45, 7) is 4.32. The molecule has 12 heavy (non-hydrogen) atoms. The van der Waals surface area contributed by atoms with E-state index < -0.39 is 0 Å². The molecular weight excluding hydrogens is 170 g/mol. The van der Waals surface area contributed by atoms with Crippen LogP contribution in [0.5, 0.6) is 0 Å². The average molecular weight is 189 g/mol. The fourth-order valence-corrected chi connectivity index (χ4v) is 2.55. The van der Waals surface area contributed by atoms with Crippen LogP contribution in [-0.4, -0.2) is 34.8 Å². The number of thioether (sulfide) groups is 1. The van der Waals surface area contributed by atoms with E-state index in [0.29, 0.717) is 6.04 Å². The van der Waals surface area contributed by atoms with Crippen LogP contribution < -0.4 is 5.32 Å². The van der Waals surface area contributed by atoms with Gasteiger partial charge in [0.05, 0.1) is 6.61 Å². The zero-order valence-electron chi connectivity index (χ0n) is 7.97. The van der Waals surface area contributed by atoms with Gasteiger partial charge in [-0.15, -0.1) is 0 Å². The van der Waals surface area contributed by atoms with Gasteiger partial charge in [0.25, 0.3) is 0 Å². The van der Waals surface area contributed by atoms with Crippen LogP contribution in [0.4, 0.5) is 0 Å². The van der Waals surface area contributed by atoms with Crippen molar-refractivity contribution in [3.8, 4) is 0 Å². The van der Waals surface area contributed by atoms with E-state index in [4.69, 9.17) is 5.11 Å². The van der Waals surface area contributed by atoms with E-state index >= 15 is 0 Å². The molecule has 1 heterocycles. The minimum absolute atomic E-state index is 0.104. The van der Waals surface area contributed by atoms with E-state index in [1.807, 2.05) is 11.8 Å². The van der Waals surface area contributed by atoms with Crippen molar-refractivity contribution >= 4 is 11.8 Å². The Labute approximate surface area is 79.1 Å². The summed E-state index contributed by atoms with van der Waals surface area (Å²) >= 11 is 2.03. The SMILES string of the molecule is CC(C)(CO)NC1CCSCC1. The van der Waals surface area contributed by atoms with Gasteiger partial charge in [-0.1, -0.05) is 0 Å². The van der Waals surface area contributed by atoms with Gasteiger partial charge >= 0.3 is 0 Å². The Morgan fingerprint density at radius 3 is 2.50 bits per heavy atom. The fraction of sp³-hybridized carbons (Fsp3) is 1.00. The first-order chi connectivity index (χ1) is 5.64. The topological polar surface area (TPSA) is 32.3 Å². The van der Waals surface area contributed by atoms with Crippen molar-refractivity contribution in [3.05, 3.63) is 0 Å². The monoisotopic (exact) mass is 189 g/mol. The molecule has 2 N–H and O–H groups in total. The number of aliphatic hydroxyl groups is 1. The molecule has 2 nitrogen and oxygen atoms in total. The van der Waals surface area contributed by atoms with Gasteiger partial charge in [0, 0.05) is 11.6 Å². The molecule has 0 aromatic carbocycles. The van der Waals surface area contributed by atoms with Gasteiger partial charge in [-0.05, 0) is 38.2 Å². The Balaban J connectivity index is 2.28. The van der Waals surface area contributed by atoms with Gasteiger partial charge in [0.2, 0.25) is 0 Å². The second-order valence-corrected chi connectivity index (χ2v) is 5.30. The maximum absolute atomic E-state index is 9.06. The van der Waals surface area contributed by atoms with Crippen LogP contribution in [0.3, 0.4) is 0 Å². The highest BCUT2D eigenvalue weighted by atomic mass is 32.2. The molecule has 0 aromatic rings. The lowest BCUT2D eigenvalue weighted by molar-refractivity contribution is 0.172. The molecule has 0 bridgehead atoms. The first-order valence-electron chi connectivity index (χ1n) is 4.60. The Morgan fingerprint density at radius 1 is 1.42 bits per heavy atom. The summed E-state index contributed by atoms with van der Waals surface area (Å²) in [6.07, 6.45) is 2.49. The van der Waals surface area contributed by atoms with E-state index in [2.05, 4.69) is 19.2 Å². The summed E-state index contributed by atoms with van der Waals surface area (Å²) in [5, 5.41) is 12.5. The Kier molecular flexibility index (Phi) is 3.87. The third-order valence-electron chi connectivity index (χ3n) is 2.21. The van der Waals surface area contributed by atoms with E-state index in [9.17, 15) is 0 Å². The van der Waals surface area contributed by atoms with Gasteiger partial charge in [-0.25, -0.2) is 0 Å². The maximum atomic E-state index is 9.06. The molecule has 0 unspecified atom stereocenters. The third-order valence-corrected chi connectivity index (χ3v) is 3.26. The van der Waals surface area contributed by atoms with Crippen molar-refractivity contribution < 1.29 is 5.11 Å². The van der Waals surface area contributed by atoms with Crippen LogP contribution in [0.2, 0.25) is 0 Å². The summed E-state index contributed by atoms with van der Waals surface area (Å²) in [5.74, 6) is 2.53. The number of aliphatic hydroxyl groups excluding tert-OH is 1. The zero-order chi connectivity index (χ0) is 9.03. The number of rotatable bonds is 3. The standard InChI is InChI=1S/C9H19NOS/c1-9(2,7-11)10-8-3-5-12-6-4-8/h8,10-11H,3-7H2,1-2H3. The molecule has 0 atom stereocenters. The van der Waals surface area contributed by atoms with Crippen LogP contribution in [0.15, 0.2) is 0 Å². The number of hydrogen-bond donors (Lipinski definition) is 2. The Bertz CT molecular complexity index is 132. The highest BCUT2D eigenvalue weighted by Gasteiger charge is 2.22. The maximum Gasteiger partial charge on any atom is 0.0607 e. The van der Waals surface area contributed by atoms with E-state index in [1.165, 1.54) is 24.3 Å². The third kappa shape index (κ3) is 3.33. The van der Waals surface area contributed by atoms with E-state index in [1.54, 1.807) is 0 Å². The molecule has 1 rings (SSSR count). The van der Waals surface area contributed by atoms with Crippen molar-refractivity contribution in [1.29, 1.82) is 0 Å². The molecule has 1 fully saturated rings. The highest BCUT2D eigenvalue weighted by molar-refractivity contribution is 7.99. The number of nitrogens with one attached hydrogen (secondary N) is 1. The predicted molar refractivity (Wildman–Crippen MR) is 54.6 cm³/mol. The molecular formula is C9H19NOS. The quantitative estimate of drug-likeness (QED) is 0.700. The van der Waals surface area contributed by atoms with Gasteiger partial charge in [0.15, 0.2) is 0 Å². The molecule has 0 amide bonds. The molecule has 0 aliphatic carbocycles. The smallest absolute Gasteiger partial charge is 0.0607 e. The lowest BCUT2D eigenvalue weighted by atomic mass is 10.0. The molecule has 1 aliphatic heterocycles. The Morgan fingerprint density at radius 2 is 2.00 bits per heavy atom. The molecule has 1 saturated heterocycles. The second-order valence-electron chi connectivity index (χ2n) is 4.07. The van der Waals surface area contributed by atoms with Crippen molar-refractivity contribution in [2.75, 3.05) is 18.1 Å². The van der Waals surface area contributed by atoms with Crippen LogP contribution in [-0.2, 0) is 0 Å². The first kappa shape index (κ1) is 10.4. The zero-order valence-corrected chi connectivity index (χ0v) is 8.78. The van der Waals surface area contributed by atoms with Crippen molar-refractivity contribution in [2.24, 2.45) is 0 Å². The number of hydrogen-bond acceptors (Lipinski definition) is 3. The van der Waals surface area contributed by atoms with Gasteiger partial charge in [-0.2, -0.15) is 11.8 Å². The van der Waals surface area contributed by atoms with Crippen LogP contribution in [0, 0.1) is 0 Å². The van der Waals surface area contributed by atoms with Crippen LogP contribution in [0.1, 0.15) is 26.7 Å². The van der Waals surface area contributed by atoms with Gasteiger partial charge in [-0.3, -0.25) is 0 Å². The van der Waals surface area contributed by atoms with Crippen LogP contribution in [0.25, 0.3) is 0 Å². The molecule has 0 saturated carbocycles. The van der Waals surface area contributed by atoms with Gasteiger partial charge < -0.3 is 10.4 Å². The molecule has 0 radical (unpaired) electrons. The summed E-state index contributed by atoms with van der Waals surface area (Å²) in [6, 6.07) is 0.619. The fourth-order valence-electron chi connectivity index (χ4n) is 1.44. The molecule has 1 aliphatic rings. The molecule has 0 aromatic heterocycles. The second kappa shape index (κ2) is 4.49. The van der Waals surface area contributed by atoms with E-state index in [-0.39, 0.29) is 12.1 Å². The molecule has 72 valence electrons. The van der Waals surface area contributed by atoms with Crippen molar-refractivity contribution in [2.45, 2.75) is 38.3 Å². The Hall–Kier alpha value is 0.270. The summed E-state index contributed by atoms with van der Waals surface area (Å²) in [7, 11) is 0. The lowest BCUT2D eigenvalue weighted by Crippen LogP contribution is -2.49. The van der Waals surface area contributed by atoms with Crippen LogP contribution >= 0.6 is 11.8 Å². The predicted octanol–water partition coefficient (Wildman–Crippen LogP) is 1.24. The largest absolute Gasteiger partial charge is 0.394 e. The molecule has 0 spiro atoms. The average Bonchev–Trinajstić information content (AvgIpc) is 2.06. The first-order valence-corrected chi connectivity index (χ1v) is 5.76. The minimum Gasteiger partial charge on any atom is -0.394 e. The normalized spacial score (nSPS) is 21.2. The van der Waals surface area contributed by atoms with Crippen molar-refractivity contribution in [1.82, 2.24) is 5.32 Å². The van der Waals surface area contributed by atoms with Gasteiger partial charge in [0.1, 0.15) is 0 Å². The van der Waals surface area contributed by atoms with E-state index in [0.717, 1.165) is 0 Å². The highest BCUT2D eigenvalue weighted by Crippen LogP contribution is 2.18.